The lowest BCUT2D eigenvalue weighted by molar-refractivity contribution is 0.235. The van der Waals surface area contributed by atoms with Gasteiger partial charge in [-0.15, -0.1) is 0 Å². The quantitative estimate of drug-likeness (QED) is 0.922. The molecule has 16 heavy (non-hydrogen) atoms. The topological polar surface area (TPSA) is 29.3 Å². The largest absolute Gasteiger partial charge is 0.329 e. The number of nitrogens with two attached hydrogens (primary N) is 1. The maximum absolute atomic E-state index is 13.8. The first kappa shape index (κ1) is 12.0. The predicted molar refractivity (Wildman–Crippen MR) is 66.7 cm³/mol. The zero-order valence-electron chi connectivity index (χ0n) is 9.29. The maximum Gasteiger partial charge on any atom is 0.129 e. The Balaban J connectivity index is 2.24. The Hall–Kier alpha value is -0.450. The molecule has 0 bridgehead atoms. The van der Waals surface area contributed by atoms with E-state index in [0.29, 0.717) is 18.2 Å². The van der Waals surface area contributed by atoms with Gasteiger partial charge in [-0.25, -0.2) is 4.39 Å². The van der Waals surface area contributed by atoms with Crippen molar-refractivity contribution in [2.75, 3.05) is 13.6 Å². The standard InChI is InChI=1S/C12H16BrFN2/c1-16(9-3-4-9)12(7-15)10-5-2-8(13)6-11(10)14/h2,5-6,9,12H,3-4,7,15H2,1H3. The first-order valence-electron chi connectivity index (χ1n) is 5.50. The van der Waals surface area contributed by atoms with Crippen molar-refractivity contribution in [1.82, 2.24) is 4.90 Å². The van der Waals surface area contributed by atoms with Crippen LogP contribution in [0.5, 0.6) is 0 Å². The molecule has 0 saturated heterocycles. The van der Waals surface area contributed by atoms with Crippen LogP contribution in [0.4, 0.5) is 4.39 Å². The summed E-state index contributed by atoms with van der Waals surface area (Å²) in [5, 5.41) is 0. The van der Waals surface area contributed by atoms with Gasteiger partial charge in [0.15, 0.2) is 0 Å². The second-order valence-electron chi connectivity index (χ2n) is 4.31. The van der Waals surface area contributed by atoms with Crippen molar-refractivity contribution in [1.29, 1.82) is 0 Å². The molecule has 1 aliphatic carbocycles. The Labute approximate surface area is 104 Å². The summed E-state index contributed by atoms with van der Waals surface area (Å²) in [7, 11) is 2.02. The number of hydrogen-bond acceptors (Lipinski definition) is 2. The van der Waals surface area contributed by atoms with E-state index >= 15 is 0 Å². The first-order chi connectivity index (χ1) is 7.63. The van der Waals surface area contributed by atoms with Crippen molar-refractivity contribution in [2.45, 2.75) is 24.9 Å². The van der Waals surface area contributed by atoms with Gasteiger partial charge in [0.05, 0.1) is 0 Å². The fraction of sp³-hybridized carbons (Fsp3) is 0.500. The van der Waals surface area contributed by atoms with Gasteiger partial charge in [0.1, 0.15) is 5.82 Å². The Morgan fingerprint density at radius 3 is 2.75 bits per heavy atom. The number of likely N-dealkylation sites (N-methyl/N-ethyl adjacent to an activating group) is 1. The van der Waals surface area contributed by atoms with Gasteiger partial charge in [0.2, 0.25) is 0 Å². The van der Waals surface area contributed by atoms with E-state index in [0.717, 1.165) is 4.47 Å². The molecule has 1 aromatic rings. The van der Waals surface area contributed by atoms with Crippen LogP contribution in [0, 0.1) is 5.82 Å². The summed E-state index contributed by atoms with van der Waals surface area (Å²) in [5.74, 6) is -0.183. The number of nitrogens with zero attached hydrogens (tertiary/aromatic N) is 1. The maximum atomic E-state index is 13.8. The average molecular weight is 287 g/mol. The Morgan fingerprint density at radius 1 is 1.56 bits per heavy atom. The van der Waals surface area contributed by atoms with Crippen LogP contribution in [0.3, 0.4) is 0 Å². The van der Waals surface area contributed by atoms with Crippen LogP contribution >= 0.6 is 15.9 Å². The van der Waals surface area contributed by atoms with E-state index < -0.39 is 0 Å². The molecule has 1 aliphatic rings. The molecule has 0 amide bonds. The highest BCUT2D eigenvalue weighted by molar-refractivity contribution is 9.10. The summed E-state index contributed by atoms with van der Waals surface area (Å²) < 4.78 is 14.6. The van der Waals surface area contributed by atoms with Gasteiger partial charge in [-0.1, -0.05) is 22.0 Å². The molecule has 4 heteroatoms. The lowest BCUT2D eigenvalue weighted by Gasteiger charge is -2.27. The van der Waals surface area contributed by atoms with Crippen molar-refractivity contribution in [3.05, 3.63) is 34.1 Å². The zero-order valence-corrected chi connectivity index (χ0v) is 10.9. The highest BCUT2D eigenvalue weighted by Crippen LogP contribution is 2.33. The third-order valence-corrected chi connectivity index (χ3v) is 3.65. The van der Waals surface area contributed by atoms with Crippen LogP contribution in [-0.2, 0) is 0 Å². The number of benzene rings is 1. The van der Waals surface area contributed by atoms with Gasteiger partial charge >= 0.3 is 0 Å². The Kier molecular flexibility index (Phi) is 3.62. The molecule has 2 rings (SSSR count). The van der Waals surface area contributed by atoms with Gasteiger partial charge in [-0.2, -0.15) is 0 Å². The third-order valence-electron chi connectivity index (χ3n) is 3.16. The molecule has 88 valence electrons. The van der Waals surface area contributed by atoms with E-state index in [9.17, 15) is 4.39 Å². The molecule has 1 saturated carbocycles. The summed E-state index contributed by atoms with van der Waals surface area (Å²) in [5.41, 5.74) is 6.45. The minimum Gasteiger partial charge on any atom is -0.329 e. The summed E-state index contributed by atoms with van der Waals surface area (Å²) in [6.45, 7) is 0.450. The van der Waals surface area contributed by atoms with Crippen LogP contribution < -0.4 is 5.73 Å². The van der Waals surface area contributed by atoms with Crippen LogP contribution in [0.15, 0.2) is 22.7 Å². The fourth-order valence-corrected chi connectivity index (χ4v) is 2.35. The van der Waals surface area contributed by atoms with E-state index in [-0.39, 0.29) is 11.9 Å². The smallest absolute Gasteiger partial charge is 0.129 e. The van der Waals surface area contributed by atoms with Gasteiger partial charge in [-0.3, -0.25) is 4.90 Å². The molecule has 0 aromatic heterocycles. The molecule has 1 atom stereocenters. The molecule has 0 spiro atoms. The second kappa shape index (κ2) is 4.82. The highest BCUT2D eigenvalue weighted by atomic mass is 79.9. The minimum absolute atomic E-state index is 0.0133. The van der Waals surface area contributed by atoms with Crippen molar-refractivity contribution >= 4 is 15.9 Å². The summed E-state index contributed by atoms with van der Waals surface area (Å²) in [4.78, 5) is 2.19. The number of rotatable bonds is 4. The van der Waals surface area contributed by atoms with Crippen molar-refractivity contribution < 1.29 is 4.39 Å². The SMILES string of the molecule is CN(C1CC1)C(CN)c1ccc(Br)cc1F. The van der Waals surface area contributed by atoms with Crippen LogP contribution in [-0.4, -0.2) is 24.5 Å². The summed E-state index contributed by atoms with van der Waals surface area (Å²) in [6, 6.07) is 5.74. The zero-order chi connectivity index (χ0) is 11.7. The summed E-state index contributed by atoms with van der Waals surface area (Å²) >= 11 is 3.26. The summed E-state index contributed by atoms with van der Waals surface area (Å²) in [6.07, 6.45) is 2.40. The van der Waals surface area contributed by atoms with Crippen molar-refractivity contribution in [3.63, 3.8) is 0 Å². The van der Waals surface area contributed by atoms with Crippen LogP contribution in [0.2, 0.25) is 0 Å². The average Bonchev–Trinajstić information content (AvgIpc) is 3.05. The Bertz CT molecular complexity index is 379. The lowest BCUT2D eigenvalue weighted by Crippen LogP contribution is -2.32. The highest BCUT2D eigenvalue weighted by Gasteiger charge is 2.32. The molecular weight excluding hydrogens is 271 g/mol. The van der Waals surface area contributed by atoms with Crippen molar-refractivity contribution in [3.8, 4) is 0 Å². The van der Waals surface area contributed by atoms with E-state index in [4.69, 9.17) is 5.73 Å². The monoisotopic (exact) mass is 286 g/mol. The van der Waals surface area contributed by atoms with Gasteiger partial charge in [0, 0.05) is 28.7 Å². The van der Waals surface area contributed by atoms with Gasteiger partial charge in [0.25, 0.3) is 0 Å². The molecule has 1 fully saturated rings. The molecule has 2 nitrogen and oxygen atoms in total. The van der Waals surface area contributed by atoms with Crippen LogP contribution in [0.25, 0.3) is 0 Å². The predicted octanol–water partition coefficient (Wildman–Crippen LogP) is 2.68. The second-order valence-corrected chi connectivity index (χ2v) is 5.23. The van der Waals surface area contributed by atoms with E-state index in [1.807, 2.05) is 19.2 Å². The molecule has 0 radical (unpaired) electrons. The molecule has 1 unspecified atom stereocenters. The van der Waals surface area contributed by atoms with E-state index in [1.54, 1.807) is 0 Å². The fourth-order valence-electron chi connectivity index (χ4n) is 2.02. The molecule has 1 aromatic carbocycles. The first-order valence-corrected chi connectivity index (χ1v) is 6.29. The third kappa shape index (κ3) is 2.44. The van der Waals surface area contributed by atoms with E-state index in [1.165, 1.54) is 18.9 Å². The van der Waals surface area contributed by atoms with Crippen LogP contribution in [0.1, 0.15) is 24.4 Å². The Morgan fingerprint density at radius 2 is 2.25 bits per heavy atom. The number of hydrogen-bond donors (Lipinski definition) is 1. The number of halogens is 2. The molecule has 0 aliphatic heterocycles. The molecule has 0 heterocycles. The van der Waals surface area contributed by atoms with Gasteiger partial charge in [-0.05, 0) is 32.0 Å². The lowest BCUT2D eigenvalue weighted by atomic mass is 10.1. The van der Waals surface area contributed by atoms with Gasteiger partial charge < -0.3 is 5.73 Å². The minimum atomic E-state index is -0.183. The van der Waals surface area contributed by atoms with Crippen molar-refractivity contribution in [2.24, 2.45) is 5.73 Å². The van der Waals surface area contributed by atoms with E-state index in [2.05, 4.69) is 20.8 Å². The molecule has 2 N–H and O–H groups in total. The normalized spacial score (nSPS) is 17.8. The molecular formula is C12H16BrFN2.